The zero-order valence-corrected chi connectivity index (χ0v) is 16.7. The fraction of sp³-hybridized carbons (Fsp3) is 0.261. The molecule has 0 spiro atoms. The van der Waals surface area contributed by atoms with Gasteiger partial charge in [0.1, 0.15) is 18.2 Å². The SMILES string of the molecule is CCOCCCn1c(COc2ccc3ccccc3c2)nc2cc(Cl)ccc21. The van der Waals surface area contributed by atoms with Crippen LogP contribution < -0.4 is 4.74 Å². The first-order valence-electron chi connectivity index (χ1n) is 9.58. The number of aryl methyl sites for hydroxylation is 1. The highest BCUT2D eigenvalue weighted by Gasteiger charge is 2.12. The van der Waals surface area contributed by atoms with Crippen molar-refractivity contribution >= 4 is 33.4 Å². The standard InChI is InChI=1S/C23H23ClN2O2/c1-2-27-13-5-12-26-22-11-9-19(24)15-21(22)25-23(26)16-28-20-10-8-17-6-3-4-7-18(17)14-20/h3-4,6-11,14-15H,2,5,12-13,16H2,1H3. The van der Waals surface area contributed by atoms with Crippen molar-refractivity contribution in [2.24, 2.45) is 0 Å². The molecular formula is C23H23ClN2O2. The van der Waals surface area contributed by atoms with Gasteiger partial charge in [0, 0.05) is 24.8 Å². The smallest absolute Gasteiger partial charge is 0.148 e. The molecule has 1 aromatic heterocycles. The number of ether oxygens (including phenoxy) is 2. The Morgan fingerprint density at radius 3 is 2.71 bits per heavy atom. The molecule has 0 radical (unpaired) electrons. The molecule has 0 atom stereocenters. The van der Waals surface area contributed by atoms with Crippen molar-refractivity contribution in [3.05, 3.63) is 71.5 Å². The molecule has 0 aliphatic heterocycles. The van der Waals surface area contributed by atoms with Crippen LogP contribution in [-0.2, 0) is 17.9 Å². The Morgan fingerprint density at radius 1 is 1.00 bits per heavy atom. The molecule has 0 fully saturated rings. The molecule has 0 saturated heterocycles. The second-order valence-corrected chi connectivity index (χ2v) is 7.10. The number of benzene rings is 3. The van der Waals surface area contributed by atoms with Crippen LogP contribution in [0.2, 0.25) is 5.02 Å². The van der Waals surface area contributed by atoms with Gasteiger partial charge in [-0.15, -0.1) is 0 Å². The molecule has 5 heteroatoms. The fourth-order valence-electron chi connectivity index (χ4n) is 3.39. The van der Waals surface area contributed by atoms with Gasteiger partial charge in [-0.05, 0) is 54.4 Å². The maximum atomic E-state index is 6.15. The van der Waals surface area contributed by atoms with Crippen molar-refractivity contribution in [3.63, 3.8) is 0 Å². The average Bonchev–Trinajstić information content (AvgIpc) is 3.06. The topological polar surface area (TPSA) is 36.3 Å². The van der Waals surface area contributed by atoms with Crippen LogP contribution in [0.5, 0.6) is 5.75 Å². The Bertz CT molecular complexity index is 1090. The number of hydrogen-bond acceptors (Lipinski definition) is 3. The van der Waals surface area contributed by atoms with Crippen LogP contribution in [0.1, 0.15) is 19.2 Å². The summed E-state index contributed by atoms with van der Waals surface area (Å²) in [5, 5.41) is 3.05. The minimum absolute atomic E-state index is 0.402. The van der Waals surface area contributed by atoms with E-state index in [-0.39, 0.29) is 0 Å². The minimum atomic E-state index is 0.402. The summed E-state index contributed by atoms with van der Waals surface area (Å²) in [4.78, 5) is 4.76. The van der Waals surface area contributed by atoms with Gasteiger partial charge in [-0.3, -0.25) is 0 Å². The maximum absolute atomic E-state index is 6.15. The van der Waals surface area contributed by atoms with E-state index >= 15 is 0 Å². The Balaban J connectivity index is 1.57. The molecule has 144 valence electrons. The van der Waals surface area contributed by atoms with E-state index in [9.17, 15) is 0 Å². The highest BCUT2D eigenvalue weighted by molar-refractivity contribution is 6.31. The van der Waals surface area contributed by atoms with Gasteiger partial charge in [-0.2, -0.15) is 0 Å². The first-order chi connectivity index (χ1) is 13.7. The molecule has 0 N–H and O–H groups in total. The first-order valence-corrected chi connectivity index (χ1v) is 9.96. The number of rotatable bonds is 8. The number of nitrogens with zero attached hydrogens (tertiary/aromatic N) is 2. The van der Waals surface area contributed by atoms with Crippen LogP contribution in [0.4, 0.5) is 0 Å². The third-order valence-corrected chi connectivity index (χ3v) is 4.99. The summed E-state index contributed by atoms with van der Waals surface area (Å²) in [5.41, 5.74) is 1.96. The lowest BCUT2D eigenvalue weighted by Gasteiger charge is -2.11. The normalized spacial score (nSPS) is 11.4. The van der Waals surface area contributed by atoms with E-state index in [2.05, 4.69) is 28.8 Å². The average molecular weight is 395 g/mol. The van der Waals surface area contributed by atoms with Crippen molar-refractivity contribution < 1.29 is 9.47 Å². The van der Waals surface area contributed by atoms with E-state index in [1.807, 2.05) is 43.3 Å². The van der Waals surface area contributed by atoms with E-state index in [4.69, 9.17) is 26.1 Å². The molecule has 4 rings (SSSR count). The molecule has 0 aliphatic rings. The van der Waals surface area contributed by atoms with Gasteiger partial charge < -0.3 is 14.0 Å². The maximum Gasteiger partial charge on any atom is 0.148 e. The molecular weight excluding hydrogens is 372 g/mol. The van der Waals surface area contributed by atoms with Crippen molar-refractivity contribution in [3.8, 4) is 5.75 Å². The van der Waals surface area contributed by atoms with E-state index in [1.54, 1.807) is 0 Å². The van der Waals surface area contributed by atoms with Gasteiger partial charge in [0.2, 0.25) is 0 Å². The summed E-state index contributed by atoms with van der Waals surface area (Å²) < 4.78 is 13.8. The van der Waals surface area contributed by atoms with Crippen LogP contribution in [0.25, 0.3) is 21.8 Å². The van der Waals surface area contributed by atoms with E-state index in [0.717, 1.165) is 54.2 Å². The molecule has 3 aromatic carbocycles. The molecule has 0 aliphatic carbocycles. The highest BCUT2D eigenvalue weighted by atomic mass is 35.5. The Hall–Kier alpha value is -2.56. The number of hydrogen-bond donors (Lipinski definition) is 0. The Labute approximate surface area is 169 Å². The third-order valence-electron chi connectivity index (χ3n) is 4.75. The predicted molar refractivity (Wildman–Crippen MR) is 114 cm³/mol. The number of imidazole rings is 1. The largest absolute Gasteiger partial charge is 0.486 e. The van der Waals surface area contributed by atoms with Crippen LogP contribution >= 0.6 is 11.6 Å². The molecule has 1 heterocycles. The lowest BCUT2D eigenvalue weighted by molar-refractivity contribution is 0.141. The van der Waals surface area contributed by atoms with Gasteiger partial charge in [-0.1, -0.05) is 41.9 Å². The summed E-state index contributed by atoms with van der Waals surface area (Å²) in [6, 6.07) is 20.2. The molecule has 4 aromatic rings. The van der Waals surface area contributed by atoms with Crippen LogP contribution in [0.3, 0.4) is 0 Å². The molecule has 0 amide bonds. The molecule has 0 bridgehead atoms. The highest BCUT2D eigenvalue weighted by Crippen LogP contribution is 2.24. The molecule has 4 nitrogen and oxygen atoms in total. The fourth-order valence-corrected chi connectivity index (χ4v) is 3.55. The molecule has 28 heavy (non-hydrogen) atoms. The number of halogens is 1. The van der Waals surface area contributed by atoms with Gasteiger partial charge in [-0.25, -0.2) is 4.98 Å². The van der Waals surface area contributed by atoms with Gasteiger partial charge in [0.15, 0.2) is 0 Å². The Kier molecular flexibility index (Phi) is 5.79. The van der Waals surface area contributed by atoms with Gasteiger partial charge in [0.05, 0.1) is 11.0 Å². The van der Waals surface area contributed by atoms with Crippen LogP contribution in [-0.4, -0.2) is 22.8 Å². The van der Waals surface area contributed by atoms with E-state index in [0.29, 0.717) is 11.6 Å². The van der Waals surface area contributed by atoms with Crippen LogP contribution in [0, 0.1) is 0 Å². The van der Waals surface area contributed by atoms with E-state index in [1.165, 1.54) is 5.39 Å². The summed E-state index contributed by atoms with van der Waals surface area (Å²) >= 11 is 6.15. The summed E-state index contributed by atoms with van der Waals surface area (Å²) in [7, 11) is 0. The van der Waals surface area contributed by atoms with Crippen molar-refractivity contribution in [2.75, 3.05) is 13.2 Å². The number of aromatic nitrogens is 2. The number of fused-ring (bicyclic) bond motifs is 2. The first kappa shape index (κ1) is 18.8. The quantitative estimate of drug-likeness (QED) is 0.352. The van der Waals surface area contributed by atoms with E-state index < -0.39 is 0 Å². The second kappa shape index (κ2) is 8.63. The van der Waals surface area contributed by atoms with Crippen molar-refractivity contribution in [1.29, 1.82) is 0 Å². The zero-order chi connectivity index (χ0) is 19.3. The summed E-state index contributed by atoms with van der Waals surface area (Å²) in [6.45, 7) is 4.71. The molecule has 0 saturated carbocycles. The van der Waals surface area contributed by atoms with Crippen molar-refractivity contribution in [2.45, 2.75) is 26.5 Å². The third kappa shape index (κ3) is 4.13. The van der Waals surface area contributed by atoms with Gasteiger partial charge in [0.25, 0.3) is 0 Å². The lowest BCUT2D eigenvalue weighted by atomic mass is 10.1. The zero-order valence-electron chi connectivity index (χ0n) is 15.9. The second-order valence-electron chi connectivity index (χ2n) is 6.66. The summed E-state index contributed by atoms with van der Waals surface area (Å²) in [6.07, 6.45) is 0.922. The van der Waals surface area contributed by atoms with Crippen LogP contribution in [0.15, 0.2) is 60.7 Å². The predicted octanol–water partition coefficient (Wildman–Crippen LogP) is 5.85. The molecule has 0 unspecified atom stereocenters. The van der Waals surface area contributed by atoms with Gasteiger partial charge >= 0.3 is 0 Å². The minimum Gasteiger partial charge on any atom is -0.486 e. The Morgan fingerprint density at radius 2 is 1.86 bits per heavy atom. The van der Waals surface area contributed by atoms with Crippen molar-refractivity contribution in [1.82, 2.24) is 9.55 Å². The lowest BCUT2D eigenvalue weighted by Crippen LogP contribution is -2.09. The monoisotopic (exact) mass is 394 g/mol. The summed E-state index contributed by atoms with van der Waals surface area (Å²) in [5.74, 6) is 1.73.